The van der Waals surface area contributed by atoms with Gasteiger partial charge in [-0.3, -0.25) is 4.79 Å². The zero-order valence-corrected chi connectivity index (χ0v) is 15.0. The van der Waals surface area contributed by atoms with E-state index < -0.39 is 58.5 Å². The molecule has 0 aromatic heterocycles. The number of anilines is 1. The molecule has 0 radical (unpaired) electrons. The van der Waals surface area contributed by atoms with Crippen LogP contribution in [-0.4, -0.2) is 44.1 Å². The van der Waals surface area contributed by atoms with Gasteiger partial charge in [-0.1, -0.05) is 0 Å². The number of alkyl halides is 2. The van der Waals surface area contributed by atoms with E-state index in [1.807, 2.05) is 0 Å². The number of aromatic hydroxyl groups is 2. The molecule has 3 N–H and O–H groups in total. The van der Waals surface area contributed by atoms with Gasteiger partial charge in [0.1, 0.15) is 18.0 Å². The minimum Gasteiger partial charge on any atom is -0.506 e. The van der Waals surface area contributed by atoms with Crippen LogP contribution in [0, 0.1) is 5.82 Å². The lowest BCUT2D eigenvalue weighted by Crippen LogP contribution is -2.30. The Kier molecular flexibility index (Phi) is 5.15. The van der Waals surface area contributed by atoms with E-state index >= 15 is 4.39 Å². The number of ether oxygens (including phenoxy) is 1. The molecule has 0 aliphatic carbocycles. The molecule has 0 unspecified atom stereocenters. The third-order valence-corrected chi connectivity index (χ3v) is 5.38. The van der Waals surface area contributed by atoms with Crippen molar-refractivity contribution in [3.63, 3.8) is 0 Å². The zero-order chi connectivity index (χ0) is 20.6. The van der Waals surface area contributed by atoms with Gasteiger partial charge in [-0.15, -0.1) is 0 Å². The molecule has 2 aromatic carbocycles. The van der Waals surface area contributed by atoms with Gasteiger partial charge in [0, 0.05) is 11.8 Å². The number of fused-ring (bicyclic) bond motifs is 1. The second-order valence-corrected chi connectivity index (χ2v) is 7.61. The van der Waals surface area contributed by atoms with Crippen LogP contribution < -0.4 is 13.8 Å². The highest BCUT2D eigenvalue weighted by Gasteiger charge is 2.38. The van der Waals surface area contributed by atoms with Crippen molar-refractivity contribution < 1.29 is 41.3 Å². The van der Waals surface area contributed by atoms with Gasteiger partial charge in [-0.2, -0.15) is 8.42 Å². The van der Waals surface area contributed by atoms with Crippen LogP contribution in [-0.2, 0) is 15.0 Å². The molecule has 152 valence electrons. The number of phenols is 2. The van der Waals surface area contributed by atoms with E-state index in [9.17, 15) is 32.2 Å². The van der Waals surface area contributed by atoms with Gasteiger partial charge in [0.25, 0.3) is 5.91 Å². The highest BCUT2D eigenvalue weighted by Crippen LogP contribution is 2.41. The lowest BCUT2D eigenvalue weighted by molar-refractivity contribution is -0.117. The first-order valence-electron chi connectivity index (χ1n) is 8.02. The predicted molar refractivity (Wildman–Crippen MR) is 92.4 cm³/mol. The highest BCUT2D eigenvalue weighted by atomic mass is 32.2. The molecule has 1 amide bonds. The normalized spacial score (nSPS) is 16.0. The smallest absolute Gasteiger partial charge is 0.326 e. The van der Waals surface area contributed by atoms with E-state index in [2.05, 4.69) is 0 Å². The van der Waals surface area contributed by atoms with Crippen molar-refractivity contribution >= 4 is 32.6 Å². The van der Waals surface area contributed by atoms with Gasteiger partial charge in [0.2, 0.25) is 6.43 Å². The third-order valence-electron chi connectivity index (χ3n) is 4.00. The van der Waals surface area contributed by atoms with Crippen LogP contribution >= 0.6 is 0 Å². The summed E-state index contributed by atoms with van der Waals surface area (Å²) in [6.45, 7) is -0.873. The Labute approximate surface area is 157 Å². The van der Waals surface area contributed by atoms with E-state index in [1.165, 1.54) is 0 Å². The number of rotatable bonds is 6. The van der Waals surface area contributed by atoms with Gasteiger partial charge in [0.15, 0.2) is 17.3 Å². The first kappa shape index (κ1) is 19.9. The summed E-state index contributed by atoms with van der Waals surface area (Å²) < 4.78 is 70.5. The third kappa shape index (κ3) is 3.72. The standard InChI is InChI=1S/C16H15F3N2O6S/c17-13(18)2-1-3-27-12-6-9-8(4-10(12)22)5-11(23)16(15(9)19)21-7-14(24)20-28(21,25)26/h4-6,13,22-23H,1-3,7H2,(H,20,24). The summed E-state index contributed by atoms with van der Waals surface area (Å²) in [5, 5.41) is 19.9. The number of benzene rings is 2. The molecular formula is C16H15F3N2O6S. The van der Waals surface area contributed by atoms with Crippen LogP contribution in [0.4, 0.5) is 18.9 Å². The summed E-state index contributed by atoms with van der Waals surface area (Å²) in [4.78, 5) is 11.4. The van der Waals surface area contributed by atoms with Gasteiger partial charge < -0.3 is 14.9 Å². The van der Waals surface area contributed by atoms with Crippen molar-refractivity contribution in [1.29, 1.82) is 0 Å². The lowest BCUT2D eigenvalue weighted by atomic mass is 10.1. The first-order chi connectivity index (χ1) is 13.1. The van der Waals surface area contributed by atoms with Crippen LogP contribution in [0.2, 0.25) is 0 Å². The Balaban J connectivity index is 2.01. The minimum atomic E-state index is -4.36. The number of carbonyl (C=O) groups is 1. The second kappa shape index (κ2) is 7.26. The average Bonchev–Trinajstić information content (AvgIpc) is 2.84. The van der Waals surface area contributed by atoms with Crippen molar-refractivity contribution in [3.05, 3.63) is 24.0 Å². The molecule has 0 atom stereocenters. The van der Waals surface area contributed by atoms with E-state index in [0.717, 1.165) is 18.2 Å². The number of halogens is 3. The maximum absolute atomic E-state index is 15.0. The molecule has 0 saturated carbocycles. The van der Waals surface area contributed by atoms with Crippen LogP contribution in [0.15, 0.2) is 18.2 Å². The Morgan fingerprint density at radius 2 is 1.89 bits per heavy atom. The Morgan fingerprint density at radius 1 is 1.21 bits per heavy atom. The summed E-state index contributed by atoms with van der Waals surface area (Å²) in [7, 11) is -4.36. The average molecular weight is 420 g/mol. The molecule has 0 spiro atoms. The number of hydrogen-bond donors (Lipinski definition) is 3. The fourth-order valence-corrected chi connectivity index (χ4v) is 3.93. The number of hydrogen-bond acceptors (Lipinski definition) is 6. The summed E-state index contributed by atoms with van der Waals surface area (Å²) >= 11 is 0. The predicted octanol–water partition coefficient (Wildman–Crippen LogP) is 2.00. The maximum Gasteiger partial charge on any atom is 0.326 e. The molecule has 12 heteroatoms. The number of carbonyl (C=O) groups excluding carboxylic acids is 1. The summed E-state index contributed by atoms with van der Waals surface area (Å²) in [5.74, 6) is -3.42. The molecule has 1 fully saturated rings. The van der Waals surface area contributed by atoms with Crippen LogP contribution in [0.5, 0.6) is 17.2 Å². The largest absolute Gasteiger partial charge is 0.506 e. The zero-order valence-electron chi connectivity index (χ0n) is 14.2. The van der Waals surface area contributed by atoms with Crippen molar-refractivity contribution in [3.8, 4) is 17.2 Å². The maximum atomic E-state index is 15.0. The Bertz CT molecular complexity index is 1040. The minimum absolute atomic E-state index is 0.00173. The molecule has 8 nitrogen and oxygen atoms in total. The molecule has 2 aromatic rings. The molecule has 1 aliphatic heterocycles. The fourth-order valence-electron chi connectivity index (χ4n) is 2.77. The molecule has 1 aliphatic rings. The second-order valence-electron chi connectivity index (χ2n) is 6.02. The van der Waals surface area contributed by atoms with E-state index in [-0.39, 0.29) is 29.5 Å². The topological polar surface area (TPSA) is 116 Å². The van der Waals surface area contributed by atoms with E-state index in [4.69, 9.17) is 4.74 Å². The van der Waals surface area contributed by atoms with Crippen LogP contribution in [0.3, 0.4) is 0 Å². The Hall–Kier alpha value is -2.89. The van der Waals surface area contributed by atoms with Crippen molar-refractivity contribution in [1.82, 2.24) is 4.72 Å². The van der Waals surface area contributed by atoms with Crippen LogP contribution in [0.1, 0.15) is 12.8 Å². The molecule has 1 saturated heterocycles. The molecular weight excluding hydrogens is 405 g/mol. The summed E-state index contributed by atoms with van der Waals surface area (Å²) in [5.41, 5.74) is -0.736. The molecule has 28 heavy (non-hydrogen) atoms. The molecule has 0 bridgehead atoms. The SMILES string of the molecule is O=C1CN(c2c(O)cc3cc(O)c(OCCCC(F)F)cc3c2F)S(=O)(=O)N1. The first-order valence-corrected chi connectivity index (χ1v) is 9.46. The van der Waals surface area contributed by atoms with E-state index in [0.29, 0.717) is 4.31 Å². The van der Waals surface area contributed by atoms with Crippen molar-refractivity contribution in [2.45, 2.75) is 19.3 Å². The number of phenolic OH excluding ortho intramolecular Hbond substituents is 2. The molecule has 1 heterocycles. The van der Waals surface area contributed by atoms with Gasteiger partial charge in [-0.25, -0.2) is 22.2 Å². The highest BCUT2D eigenvalue weighted by molar-refractivity contribution is 7.92. The summed E-state index contributed by atoms with van der Waals surface area (Å²) in [6.07, 6.45) is -2.91. The fraction of sp³-hybridized carbons (Fsp3) is 0.312. The summed E-state index contributed by atoms with van der Waals surface area (Å²) in [6, 6.07) is 3.15. The van der Waals surface area contributed by atoms with Crippen molar-refractivity contribution in [2.75, 3.05) is 17.5 Å². The van der Waals surface area contributed by atoms with Gasteiger partial charge in [-0.05, 0) is 30.0 Å². The number of nitrogens with zero attached hydrogens (tertiary/aromatic N) is 1. The number of nitrogens with one attached hydrogen (secondary N) is 1. The number of amides is 1. The van der Waals surface area contributed by atoms with E-state index in [1.54, 1.807) is 4.72 Å². The lowest BCUT2D eigenvalue weighted by Gasteiger charge is -2.18. The van der Waals surface area contributed by atoms with Gasteiger partial charge in [0.05, 0.1) is 6.61 Å². The molecule has 3 rings (SSSR count). The quantitative estimate of drug-likeness (QED) is 0.616. The Morgan fingerprint density at radius 3 is 2.50 bits per heavy atom. The van der Waals surface area contributed by atoms with Crippen LogP contribution in [0.25, 0.3) is 10.8 Å². The van der Waals surface area contributed by atoms with Crippen molar-refractivity contribution in [2.24, 2.45) is 0 Å². The van der Waals surface area contributed by atoms with Gasteiger partial charge >= 0.3 is 10.2 Å². The monoisotopic (exact) mass is 420 g/mol.